The molecule has 1 saturated carbocycles. The number of esters is 2. The van der Waals surface area contributed by atoms with Gasteiger partial charge in [0, 0.05) is 24.3 Å². The first-order valence-corrected chi connectivity index (χ1v) is 7.82. The minimum atomic E-state index is -1.06. The van der Waals surface area contributed by atoms with Crippen molar-refractivity contribution in [3.63, 3.8) is 0 Å². The summed E-state index contributed by atoms with van der Waals surface area (Å²) in [6, 6.07) is 10.1. The first kappa shape index (κ1) is 15.5. The van der Waals surface area contributed by atoms with Crippen molar-refractivity contribution in [2.24, 2.45) is 5.92 Å². The summed E-state index contributed by atoms with van der Waals surface area (Å²) in [6.45, 7) is 2.09. The van der Waals surface area contributed by atoms with Crippen LogP contribution in [0.4, 0.5) is 0 Å². The number of hydrogen-bond acceptors (Lipinski definition) is 4. The highest BCUT2D eigenvalue weighted by Crippen LogP contribution is 2.43. The standard InChI is InChI=1S/C19H20O4/c1-13(14-7-4-3-5-8-14)15-9-6-10-16(15)17(20)23-19(11-12-19)18(21)22-2/h3-10,13,15H,11-12H2,1-2H3/t13-,15?/m1/s1. The smallest absolute Gasteiger partial charge is 0.350 e. The molecular weight excluding hydrogens is 292 g/mol. The molecule has 0 heterocycles. The maximum absolute atomic E-state index is 12.5. The summed E-state index contributed by atoms with van der Waals surface area (Å²) < 4.78 is 10.2. The summed E-state index contributed by atoms with van der Waals surface area (Å²) in [6.07, 6.45) is 6.72. The Balaban J connectivity index is 1.73. The number of benzene rings is 1. The van der Waals surface area contributed by atoms with Gasteiger partial charge in [0.1, 0.15) is 0 Å². The van der Waals surface area contributed by atoms with Gasteiger partial charge < -0.3 is 9.47 Å². The van der Waals surface area contributed by atoms with Gasteiger partial charge in [-0.2, -0.15) is 0 Å². The van der Waals surface area contributed by atoms with E-state index < -0.39 is 17.5 Å². The number of allylic oxidation sites excluding steroid dienone is 3. The highest BCUT2D eigenvalue weighted by atomic mass is 16.6. The van der Waals surface area contributed by atoms with Crippen LogP contribution in [-0.4, -0.2) is 24.6 Å². The summed E-state index contributed by atoms with van der Waals surface area (Å²) in [4.78, 5) is 24.3. The summed E-state index contributed by atoms with van der Waals surface area (Å²) in [5.41, 5.74) is 0.698. The van der Waals surface area contributed by atoms with Crippen LogP contribution in [0.15, 0.2) is 54.1 Å². The molecule has 4 nitrogen and oxygen atoms in total. The third-order valence-electron chi connectivity index (χ3n) is 4.60. The monoisotopic (exact) mass is 312 g/mol. The molecule has 4 heteroatoms. The van der Waals surface area contributed by atoms with Crippen molar-refractivity contribution in [1.82, 2.24) is 0 Å². The molecule has 0 spiro atoms. The van der Waals surface area contributed by atoms with Crippen molar-refractivity contribution in [3.8, 4) is 0 Å². The molecule has 0 aromatic heterocycles. The average Bonchev–Trinajstić information content (AvgIpc) is 3.19. The molecule has 23 heavy (non-hydrogen) atoms. The molecule has 0 N–H and O–H groups in total. The van der Waals surface area contributed by atoms with Gasteiger partial charge in [-0.3, -0.25) is 0 Å². The second kappa shape index (κ2) is 6.03. The highest BCUT2D eigenvalue weighted by molar-refractivity contribution is 5.94. The molecule has 2 aliphatic carbocycles. The van der Waals surface area contributed by atoms with Crippen molar-refractivity contribution in [2.45, 2.75) is 31.3 Å². The molecule has 0 saturated heterocycles. The fourth-order valence-electron chi connectivity index (χ4n) is 2.98. The summed E-state index contributed by atoms with van der Waals surface area (Å²) in [5, 5.41) is 0. The zero-order valence-corrected chi connectivity index (χ0v) is 13.3. The van der Waals surface area contributed by atoms with Crippen LogP contribution < -0.4 is 0 Å². The lowest BCUT2D eigenvalue weighted by atomic mass is 9.84. The quantitative estimate of drug-likeness (QED) is 0.784. The Labute approximate surface area is 135 Å². The van der Waals surface area contributed by atoms with E-state index in [0.717, 1.165) is 5.56 Å². The topological polar surface area (TPSA) is 52.6 Å². The van der Waals surface area contributed by atoms with Crippen LogP contribution in [-0.2, 0) is 19.1 Å². The molecule has 1 fully saturated rings. The molecular formula is C19H20O4. The number of methoxy groups -OCH3 is 1. The van der Waals surface area contributed by atoms with Gasteiger partial charge >= 0.3 is 11.9 Å². The molecule has 0 amide bonds. The van der Waals surface area contributed by atoms with Crippen LogP contribution in [0.5, 0.6) is 0 Å². The molecule has 0 bridgehead atoms. The van der Waals surface area contributed by atoms with Crippen LogP contribution in [0.25, 0.3) is 0 Å². The zero-order valence-electron chi connectivity index (χ0n) is 13.3. The van der Waals surface area contributed by atoms with E-state index in [1.807, 2.05) is 30.4 Å². The molecule has 1 aromatic carbocycles. The Kier molecular flexibility index (Phi) is 4.07. The number of carbonyl (C=O) groups excluding carboxylic acids is 2. The van der Waals surface area contributed by atoms with Gasteiger partial charge in [0.25, 0.3) is 0 Å². The first-order chi connectivity index (χ1) is 11.1. The van der Waals surface area contributed by atoms with Crippen LogP contribution in [0, 0.1) is 5.92 Å². The van der Waals surface area contributed by atoms with Crippen LogP contribution in [0.1, 0.15) is 31.2 Å². The fraction of sp³-hybridized carbons (Fsp3) is 0.368. The van der Waals surface area contributed by atoms with Crippen molar-refractivity contribution >= 4 is 11.9 Å². The lowest BCUT2D eigenvalue weighted by Crippen LogP contribution is -2.32. The summed E-state index contributed by atoms with van der Waals surface area (Å²) in [5.74, 6) is -0.781. The minimum Gasteiger partial charge on any atom is -0.466 e. The number of rotatable bonds is 5. The lowest BCUT2D eigenvalue weighted by Gasteiger charge is -2.22. The number of hydrogen-bond donors (Lipinski definition) is 0. The second-order valence-electron chi connectivity index (χ2n) is 6.11. The van der Waals surface area contributed by atoms with Crippen LogP contribution in [0.2, 0.25) is 0 Å². The molecule has 3 rings (SSSR count). The predicted octanol–water partition coefficient (Wildman–Crippen LogP) is 3.15. The van der Waals surface area contributed by atoms with E-state index >= 15 is 0 Å². The molecule has 1 unspecified atom stereocenters. The van der Waals surface area contributed by atoms with Crippen molar-refractivity contribution in [2.75, 3.05) is 7.11 Å². The zero-order chi connectivity index (χ0) is 16.4. The summed E-state index contributed by atoms with van der Waals surface area (Å²) in [7, 11) is 1.31. The van der Waals surface area contributed by atoms with E-state index in [9.17, 15) is 9.59 Å². The first-order valence-electron chi connectivity index (χ1n) is 7.82. The van der Waals surface area contributed by atoms with E-state index in [-0.39, 0.29) is 11.8 Å². The van der Waals surface area contributed by atoms with Gasteiger partial charge in [-0.25, -0.2) is 9.59 Å². The Bertz CT molecular complexity index is 668. The maximum atomic E-state index is 12.5. The van der Waals surface area contributed by atoms with Gasteiger partial charge in [0.05, 0.1) is 7.11 Å². The predicted molar refractivity (Wildman–Crippen MR) is 85.6 cm³/mol. The Hall–Kier alpha value is -2.36. The van der Waals surface area contributed by atoms with E-state index in [2.05, 4.69) is 19.1 Å². The molecule has 120 valence electrons. The minimum absolute atomic E-state index is 0.0432. The van der Waals surface area contributed by atoms with E-state index in [1.165, 1.54) is 7.11 Å². The van der Waals surface area contributed by atoms with E-state index in [0.29, 0.717) is 18.4 Å². The Morgan fingerprint density at radius 3 is 2.52 bits per heavy atom. The lowest BCUT2D eigenvalue weighted by molar-refractivity contribution is -0.167. The van der Waals surface area contributed by atoms with Crippen LogP contribution in [0.3, 0.4) is 0 Å². The van der Waals surface area contributed by atoms with Gasteiger partial charge in [-0.05, 0) is 11.5 Å². The molecule has 2 aliphatic rings. The van der Waals surface area contributed by atoms with Crippen LogP contribution >= 0.6 is 0 Å². The average molecular weight is 312 g/mol. The number of carbonyl (C=O) groups is 2. The SMILES string of the molecule is COC(=O)C1(OC(=O)C2=CC=CC2[C@H](C)c2ccccc2)CC1. The fourth-order valence-corrected chi connectivity index (χ4v) is 2.98. The third-order valence-corrected chi connectivity index (χ3v) is 4.60. The maximum Gasteiger partial charge on any atom is 0.350 e. The normalized spacial score (nSPS) is 22.2. The van der Waals surface area contributed by atoms with Crippen molar-refractivity contribution in [1.29, 1.82) is 0 Å². The molecule has 0 radical (unpaired) electrons. The molecule has 1 aromatic rings. The number of ether oxygens (including phenoxy) is 2. The van der Waals surface area contributed by atoms with Crippen molar-refractivity contribution in [3.05, 3.63) is 59.7 Å². The highest BCUT2D eigenvalue weighted by Gasteiger charge is 2.56. The van der Waals surface area contributed by atoms with Gasteiger partial charge in [-0.15, -0.1) is 0 Å². The second-order valence-corrected chi connectivity index (χ2v) is 6.11. The largest absolute Gasteiger partial charge is 0.466 e. The Morgan fingerprint density at radius 1 is 1.22 bits per heavy atom. The molecule has 0 aliphatic heterocycles. The summed E-state index contributed by atoms with van der Waals surface area (Å²) >= 11 is 0. The molecule has 2 atom stereocenters. The van der Waals surface area contributed by atoms with E-state index in [1.54, 1.807) is 6.08 Å². The van der Waals surface area contributed by atoms with Crippen molar-refractivity contribution < 1.29 is 19.1 Å². The van der Waals surface area contributed by atoms with Gasteiger partial charge in [0.15, 0.2) is 0 Å². The third kappa shape index (κ3) is 2.93. The Morgan fingerprint density at radius 2 is 1.91 bits per heavy atom. The van der Waals surface area contributed by atoms with E-state index in [4.69, 9.17) is 9.47 Å². The van der Waals surface area contributed by atoms with Gasteiger partial charge in [-0.1, -0.05) is 55.5 Å². The van der Waals surface area contributed by atoms with Gasteiger partial charge in [0.2, 0.25) is 5.60 Å².